The zero-order valence-electron chi connectivity index (χ0n) is 4.59. The molecule has 0 unspecified atom stereocenters. The molecule has 0 amide bonds. The number of rotatable bonds is 1. The van der Waals surface area contributed by atoms with Crippen molar-refractivity contribution in [3.8, 4) is 0 Å². The van der Waals surface area contributed by atoms with Gasteiger partial charge in [0.1, 0.15) is 0 Å². The zero-order chi connectivity index (χ0) is 5.11. The van der Waals surface area contributed by atoms with Crippen LogP contribution in [0.2, 0.25) is 0 Å². The van der Waals surface area contributed by atoms with Gasteiger partial charge >= 0.3 is 0 Å². The minimum Gasteiger partial charge on any atom is -0.392 e. The molecule has 0 aromatic heterocycles. The Labute approximate surface area is 75.6 Å². The van der Waals surface area contributed by atoms with Crippen LogP contribution in [0.4, 0.5) is 0 Å². The average molecular weight is 203 g/mol. The number of aliphatic hydroxyl groups is 1. The molecule has 1 nitrogen and oxygen atoms in total. The van der Waals surface area contributed by atoms with E-state index in [0.29, 0.717) is 0 Å². The first kappa shape index (κ1) is 12.0. The van der Waals surface area contributed by atoms with E-state index in [2.05, 4.69) is 0 Å². The SMILES string of the molecule is C.OCC1=CC=CC1.[Zr]. The Bertz CT molecular complexity index is 116. The summed E-state index contributed by atoms with van der Waals surface area (Å²) in [6, 6.07) is 0. The van der Waals surface area contributed by atoms with Gasteiger partial charge < -0.3 is 5.11 Å². The van der Waals surface area contributed by atoms with Crippen molar-refractivity contribution < 1.29 is 31.3 Å². The van der Waals surface area contributed by atoms with E-state index in [1.54, 1.807) is 0 Å². The van der Waals surface area contributed by atoms with Gasteiger partial charge in [-0.25, -0.2) is 0 Å². The van der Waals surface area contributed by atoms with Crippen LogP contribution in [0, 0.1) is 0 Å². The van der Waals surface area contributed by atoms with Crippen LogP contribution >= 0.6 is 0 Å². The second kappa shape index (κ2) is 6.44. The van der Waals surface area contributed by atoms with Gasteiger partial charge in [0.2, 0.25) is 0 Å². The summed E-state index contributed by atoms with van der Waals surface area (Å²) >= 11 is 0. The average Bonchev–Trinajstić information content (AvgIpc) is 2.14. The molecule has 1 aliphatic carbocycles. The molecule has 0 heterocycles. The normalized spacial score (nSPS) is 13.7. The summed E-state index contributed by atoms with van der Waals surface area (Å²) in [5, 5.41) is 8.46. The summed E-state index contributed by atoms with van der Waals surface area (Å²) in [6.45, 7) is 0.215. The summed E-state index contributed by atoms with van der Waals surface area (Å²) in [6.07, 6.45) is 6.88. The van der Waals surface area contributed by atoms with Gasteiger partial charge in [0.15, 0.2) is 0 Å². The van der Waals surface area contributed by atoms with Crippen LogP contribution in [0.5, 0.6) is 0 Å². The van der Waals surface area contributed by atoms with Crippen molar-refractivity contribution in [1.29, 1.82) is 0 Å². The van der Waals surface area contributed by atoms with Gasteiger partial charge in [0.25, 0.3) is 0 Å². The molecule has 0 saturated heterocycles. The van der Waals surface area contributed by atoms with E-state index in [1.165, 1.54) is 0 Å². The van der Waals surface area contributed by atoms with Crippen molar-refractivity contribution in [2.45, 2.75) is 13.8 Å². The summed E-state index contributed by atoms with van der Waals surface area (Å²) in [5.74, 6) is 0. The van der Waals surface area contributed by atoms with Gasteiger partial charge in [-0.1, -0.05) is 25.7 Å². The maximum Gasteiger partial charge on any atom is 0.0647 e. The first-order chi connectivity index (χ1) is 3.43. The summed E-state index contributed by atoms with van der Waals surface area (Å²) in [4.78, 5) is 0. The largest absolute Gasteiger partial charge is 0.392 e. The third-order valence-corrected chi connectivity index (χ3v) is 1.05. The van der Waals surface area contributed by atoms with Crippen molar-refractivity contribution in [3.63, 3.8) is 0 Å². The Balaban J connectivity index is 0. The maximum atomic E-state index is 8.46. The van der Waals surface area contributed by atoms with Crippen molar-refractivity contribution >= 4 is 0 Å². The van der Waals surface area contributed by atoms with Gasteiger partial charge in [0.05, 0.1) is 6.61 Å². The molecular weight excluding hydrogens is 191 g/mol. The molecule has 1 rings (SSSR count). The molecule has 0 aromatic rings. The number of hydrogen-bond acceptors (Lipinski definition) is 1. The molecule has 0 aliphatic heterocycles. The molecule has 0 atom stereocenters. The first-order valence-corrected chi connectivity index (χ1v) is 2.39. The van der Waals surface area contributed by atoms with Gasteiger partial charge in [-0.3, -0.25) is 0 Å². The number of hydrogen-bond donors (Lipinski definition) is 1. The van der Waals surface area contributed by atoms with Crippen LogP contribution in [-0.2, 0) is 26.2 Å². The monoisotopic (exact) mass is 202 g/mol. The first-order valence-electron chi connectivity index (χ1n) is 2.39. The Kier molecular flexibility index (Phi) is 8.62. The fourth-order valence-corrected chi connectivity index (χ4v) is 0.609. The van der Waals surface area contributed by atoms with Gasteiger partial charge in [0, 0.05) is 26.2 Å². The fourth-order valence-electron chi connectivity index (χ4n) is 0.609. The summed E-state index contributed by atoms with van der Waals surface area (Å²) in [5.41, 5.74) is 1.11. The van der Waals surface area contributed by atoms with Crippen molar-refractivity contribution in [1.82, 2.24) is 0 Å². The van der Waals surface area contributed by atoms with Crippen LogP contribution in [-0.4, -0.2) is 11.7 Å². The van der Waals surface area contributed by atoms with E-state index < -0.39 is 0 Å². The van der Waals surface area contributed by atoms with E-state index in [-0.39, 0.29) is 40.2 Å². The van der Waals surface area contributed by atoms with Crippen LogP contribution in [0.3, 0.4) is 0 Å². The summed E-state index contributed by atoms with van der Waals surface area (Å²) < 4.78 is 0. The zero-order valence-corrected chi connectivity index (χ0v) is 7.05. The Morgan fingerprint density at radius 3 is 2.44 bits per heavy atom. The molecular formula is C7H12OZr. The van der Waals surface area contributed by atoms with Gasteiger partial charge in [-0.2, -0.15) is 0 Å². The second-order valence-corrected chi connectivity index (χ2v) is 1.62. The summed E-state index contributed by atoms with van der Waals surface area (Å²) in [7, 11) is 0. The molecule has 1 aliphatic rings. The van der Waals surface area contributed by atoms with Crippen molar-refractivity contribution in [2.75, 3.05) is 6.61 Å². The standard InChI is InChI=1S/C6H8O.CH4.Zr/c7-5-6-3-1-2-4-6;;/h1-3,7H,4-5H2;1H4;. The number of allylic oxidation sites excluding steroid dienone is 3. The van der Waals surface area contributed by atoms with Gasteiger partial charge in [-0.15, -0.1) is 0 Å². The maximum absolute atomic E-state index is 8.46. The Hall–Kier alpha value is 0.323. The van der Waals surface area contributed by atoms with E-state index in [1.807, 2.05) is 18.2 Å². The molecule has 2 heteroatoms. The van der Waals surface area contributed by atoms with Crippen LogP contribution in [0.25, 0.3) is 0 Å². The van der Waals surface area contributed by atoms with Crippen molar-refractivity contribution in [2.24, 2.45) is 0 Å². The minimum atomic E-state index is 0. The van der Waals surface area contributed by atoms with Crippen LogP contribution < -0.4 is 0 Å². The quantitative estimate of drug-likeness (QED) is 0.685. The third kappa shape index (κ3) is 3.83. The van der Waals surface area contributed by atoms with Crippen LogP contribution in [0.1, 0.15) is 13.8 Å². The minimum absolute atomic E-state index is 0. The molecule has 0 bridgehead atoms. The Morgan fingerprint density at radius 1 is 1.56 bits per heavy atom. The fraction of sp³-hybridized carbons (Fsp3) is 0.429. The predicted octanol–water partition coefficient (Wildman–Crippen LogP) is 1.50. The van der Waals surface area contributed by atoms with E-state index in [0.717, 1.165) is 12.0 Å². The third-order valence-electron chi connectivity index (χ3n) is 1.05. The molecule has 0 radical (unpaired) electrons. The second-order valence-electron chi connectivity index (χ2n) is 1.62. The predicted molar refractivity (Wildman–Crippen MR) is 35.7 cm³/mol. The topological polar surface area (TPSA) is 20.2 Å². The molecule has 1 N–H and O–H groups in total. The molecule has 0 fully saturated rings. The van der Waals surface area contributed by atoms with Gasteiger partial charge in [-0.05, 0) is 12.0 Å². The number of aliphatic hydroxyl groups excluding tert-OH is 1. The Morgan fingerprint density at radius 2 is 2.22 bits per heavy atom. The van der Waals surface area contributed by atoms with Crippen LogP contribution in [0.15, 0.2) is 23.8 Å². The molecule has 0 spiro atoms. The smallest absolute Gasteiger partial charge is 0.0647 e. The molecule has 0 saturated carbocycles. The molecule has 9 heavy (non-hydrogen) atoms. The van der Waals surface area contributed by atoms with Crippen molar-refractivity contribution in [3.05, 3.63) is 23.8 Å². The van der Waals surface area contributed by atoms with E-state index in [9.17, 15) is 0 Å². The molecule has 50 valence electrons. The molecule has 0 aromatic carbocycles. The van der Waals surface area contributed by atoms with E-state index in [4.69, 9.17) is 5.11 Å². The van der Waals surface area contributed by atoms with E-state index >= 15 is 0 Å².